The number of nitrogens with one attached hydrogen (secondary N) is 2. The molecule has 3 aromatic rings. The number of carbonyl (C=O) groups is 3. The lowest BCUT2D eigenvalue weighted by Crippen LogP contribution is -2.41. The Hall–Kier alpha value is -4.14. The van der Waals surface area contributed by atoms with Crippen LogP contribution in [0.25, 0.3) is 11.1 Å². The summed E-state index contributed by atoms with van der Waals surface area (Å²) in [6.45, 7) is 1.96. The molecule has 0 saturated carbocycles. The van der Waals surface area contributed by atoms with Crippen molar-refractivity contribution in [2.24, 2.45) is 0 Å². The Morgan fingerprint density at radius 3 is 2.37 bits per heavy atom. The fourth-order valence-corrected chi connectivity index (χ4v) is 4.28. The first-order valence-electron chi connectivity index (χ1n) is 11.5. The molecule has 0 fully saturated rings. The standard InChI is InChI=1S/C26H27N3O6/c1-2-3-12-21(25(31)32)29-24(30)23-22(35-15-28-23)13-27-26(33)34-14-20-18-10-6-4-8-16(18)17-9-5-7-11-19(17)20/h4-11,15,20-21H,2-3,12-14H2,1H3,(H,27,33)(H,29,30)(H,31,32). The van der Waals surface area contributed by atoms with Gasteiger partial charge in [-0.1, -0.05) is 68.3 Å². The minimum atomic E-state index is -1.12. The highest BCUT2D eigenvalue weighted by Gasteiger charge is 2.29. The topological polar surface area (TPSA) is 131 Å². The van der Waals surface area contributed by atoms with Gasteiger partial charge in [0.1, 0.15) is 12.6 Å². The number of nitrogens with zero attached hydrogens (tertiary/aromatic N) is 1. The quantitative estimate of drug-likeness (QED) is 0.401. The summed E-state index contributed by atoms with van der Waals surface area (Å²) in [6.07, 6.45) is 2.18. The van der Waals surface area contributed by atoms with Gasteiger partial charge in [0.2, 0.25) is 0 Å². The van der Waals surface area contributed by atoms with Crippen LogP contribution in [0, 0.1) is 0 Å². The highest BCUT2D eigenvalue weighted by molar-refractivity contribution is 5.95. The number of amides is 2. The number of alkyl carbamates (subject to hydrolysis) is 1. The van der Waals surface area contributed by atoms with E-state index in [1.165, 1.54) is 0 Å². The molecule has 1 unspecified atom stereocenters. The summed E-state index contributed by atoms with van der Waals surface area (Å²) in [5, 5.41) is 14.4. The van der Waals surface area contributed by atoms with Crippen LogP contribution >= 0.6 is 0 Å². The third kappa shape index (κ3) is 5.34. The number of carboxylic acid groups (broad SMARTS) is 1. The summed E-state index contributed by atoms with van der Waals surface area (Å²) in [5.41, 5.74) is 4.39. The predicted molar refractivity (Wildman–Crippen MR) is 127 cm³/mol. The monoisotopic (exact) mass is 477 g/mol. The maximum Gasteiger partial charge on any atom is 0.407 e. The van der Waals surface area contributed by atoms with Crippen molar-refractivity contribution in [3.8, 4) is 11.1 Å². The summed E-state index contributed by atoms with van der Waals surface area (Å²) in [7, 11) is 0. The number of fused-ring (bicyclic) bond motifs is 3. The number of benzene rings is 2. The molecule has 3 N–H and O–H groups in total. The second kappa shape index (κ2) is 10.9. The van der Waals surface area contributed by atoms with Gasteiger partial charge in [0.05, 0.1) is 6.54 Å². The smallest absolute Gasteiger partial charge is 0.407 e. The van der Waals surface area contributed by atoms with Crippen LogP contribution in [0.4, 0.5) is 4.79 Å². The molecule has 35 heavy (non-hydrogen) atoms. The summed E-state index contributed by atoms with van der Waals surface area (Å²) >= 11 is 0. The number of hydrogen-bond acceptors (Lipinski definition) is 6. The van der Waals surface area contributed by atoms with E-state index in [9.17, 15) is 19.5 Å². The van der Waals surface area contributed by atoms with Crippen molar-refractivity contribution in [1.82, 2.24) is 15.6 Å². The number of carbonyl (C=O) groups excluding carboxylic acids is 2. The van der Waals surface area contributed by atoms with Gasteiger partial charge in [-0.15, -0.1) is 0 Å². The Bertz CT molecular complexity index is 1180. The van der Waals surface area contributed by atoms with E-state index in [1.807, 2.05) is 43.3 Å². The molecule has 1 aliphatic rings. The van der Waals surface area contributed by atoms with Gasteiger partial charge in [0.25, 0.3) is 5.91 Å². The number of aliphatic carboxylic acids is 1. The van der Waals surface area contributed by atoms with Crippen molar-refractivity contribution in [2.75, 3.05) is 6.61 Å². The molecule has 0 aliphatic heterocycles. The van der Waals surface area contributed by atoms with E-state index >= 15 is 0 Å². The molecule has 0 radical (unpaired) electrons. The lowest BCUT2D eigenvalue weighted by Gasteiger charge is -2.15. The Kier molecular flexibility index (Phi) is 7.45. The second-order valence-corrected chi connectivity index (χ2v) is 8.31. The number of aromatic nitrogens is 1. The molecule has 0 bridgehead atoms. The van der Waals surface area contributed by atoms with Gasteiger partial charge in [-0.3, -0.25) is 4.79 Å². The molecular weight excluding hydrogens is 450 g/mol. The van der Waals surface area contributed by atoms with Crippen LogP contribution in [-0.4, -0.2) is 40.7 Å². The van der Waals surface area contributed by atoms with Crippen molar-refractivity contribution in [3.63, 3.8) is 0 Å². The van der Waals surface area contributed by atoms with Crippen molar-refractivity contribution in [1.29, 1.82) is 0 Å². The molecule has 0 spiro atoms. The van der Waals surface area contributed by atoms with Crippen molar-refractivity contribution < 1.29 is 28.6 Å². The van der Waals surface area contributed by atoms with Crippen LogP contribution in [0.3, 0.4) is 0 Å². The van der Waals surface area contributed by atoms with Crippen molar-refractivity contribution >= 4 is 18.0 Å². The number of oxazole rings is 1. The third-order valence-electron chi connectivity index (χ3n) is 6.04. The minimum absolute atomic E-state index is 0.0733. The van der Waals surface area contributed by atoms with E-state index in [-0.39, 0.29) is 30.5 Å². The average molecular weight is 478 g/mol. The fraction of sp³-hybridized carbons (Fsp3) is 0.308. The number of ether oxygens (including phenoxy) is 1. The van der Waals surface area contributed by atoms with E-state index in [4.69, 9.17) is 9.15 Å². The zero-order chi connectivity index (χ0) is 24.8. The summed E-state index contributed by atoms with van der Waals surface area (Å²) in [4.78, 5) is 40.2. The molecule has 2 aromatic carbocycles. The van der Waals surface area contributed by atoms with Crippen LogP contribution in [-0.2, 0) is 16.1 Å². The van der Waals surface area contributed by atoms with Gasteiger partial charge in [0, 0.05) is 5.92 Å². The van der Waals surface area contributed by atoms with Crippen molar-refractivity contribution in [3.05, 3.63) is 77.5 Å². The molecule has 1 heterocycles. The Morgan fingerprint density at radius 1 is 1.09 bits per heavy atom. The van der Waals surface area contributed by atoms with Gasteiger partial charge >= 0.3 is 12.1 Å². The Morgan fingerprint density at radius 2 is 1.74 bits per heavy atom. The molecule has 182 valence electrons. The van der Waals surface area contributed by atoms with E-state index in [1.54, 1.807) is 0 Å². The second-order valence-electron chi connectivity index (χ2n) is 8.31. The lowest BCUT2D eigenvalue weighted by atomic mass is 9.98. The molecule has 4 rings (SSSR count). The lowest BCUT2D eigenvalue weighted by molar-refractivity contribution is -0.139. The Balaban J connectivity index is 1.34. The third-order valence-corrected chi connectivity index (χ3v) is 6.04. The van der Waals surface area contributed by atoms with Crippen LogP contribution in [0.1, 0.15) is 59.5 Å². The SMILES string of the molecule is CCCCC(NC(=O)c1ncoc1CNC(=O)OCC1c2ccccc2-c2ccccc21)C(=O)O. The predicted octanol–water partition coefficient (Wildman–Crippen LogP) is 4.09. The number of hydrogen-bond donors (Lipinski definition) is 3. The zero-order valence-electron chi connectivity index (χ0n) is 19.3. The van der Waals surface area contributed by atoms with Crippen LogP contribution in [0.5, 0.6) is 0 Å². The molecule has 0 saturated heterocycles. The maximum atomic E-state index is 12.5. The molecule has 1 aromatic heterocycles. The van der Waals surface area contributed by atoms with E-state index in [0.717, 1.165) is 35.1 Å². The molecule has 2 amide bonds. The largest absolute Gasteiger partial charge is 0.480 e. The molecule has 1 atom stereocenters. The van der Waals surface area contributed by atoms with E-state index < -0.39 is 24.0 Å². The van der Waals surface area contributed by atoms with Gasteiger partial charge < -0.3 is 24.9 Å². The first-order chi connectivity index (χ1) is 17.0. The summed E-state index contributed by atoms with van der Waals surface area (Å²) in [6, 6.07) is 15.1. The zero-order valence-corrected chi connectivity index (χ0v) is 19.3. The summed E-state index contributed by atoms with van der Waals surface area (Å²) in [5.74, 6) is -1.76. The number of carboxylic acids is 1. The van der Waals surface area contributed by atoms with Crippen LogP contribution < -0.4 is 10.6 Å². The van der Waals surface area contributed by atoms with Crippen molar-refractivity contribution in [2.45, 2.75) is 44.7 Å². The van der Waals surface area contributed by atoms with Gasteiger partial charge in [0.15, 0.2) is 17.8 Å². The first-order valence-corrected chi connectivity index (χ1v) is 11.5. The number of rotatable bonds is 10. The maximum absolute atomic E-state index is 12.5. The molecule has 9 nitrogen and oxygen atoms in total. The van der Waals surface area contributed by atoms with Crippen LogP contribution in [0.2, 0.25) is 0 Å². The van der Waals surface area contributed by atoms with E-state index in [2.05, 4.69) is 27.8 Å². The number of unbranched alkanes of at least 4 members (excludes halogenated alkanes) is 1. The molecular formula is C26H27N3O6. The minimum Gasteiger partial charge on any atom is -0.480 e. The molecule has 9 heteroatoms. The normalized spacial score (nSPS) is 12.9. The molecule has 1 aliphatic carbocycles. The van der Waals surface area contributed by atoms with Gasteiger partial charge in [-0.05, 0) is 28.7 Å². The first kappa shape index (κ1) is 24.0. The Labute approximate surface area is 202 Å². The highest BCUT2D eigenvalue weighted by Crippen LogP contribution is 2.44. The summed E-state index contributed by atoms with van der Waals surface area (Å²) < 4.78 is 10.7. The van der Waals surface area contributed by atoms with E-state index in [0.29, 0.717) is 12.8 Å². The average Bonchev–Trinajstić information content (AvgIpc) is 3.46. The fourth-order valence-electron chi connectivity index (χ4n) is 4.28. The van der Waals surface area contributed by atoms with Gasteiger partial charge in [-0.25, -0.2) is 14.6 Å². The van der Waals surface area contributed by atoms with Gasteiger partial charge in [-0.2, -0.15) is 0 Å². The van der Waals surface area contributed by atoms with Crippen LogP contribution in [0.15, 0.2) is 59.3 Å². The highest BCUT2D eigenvalue weighted by atomic mass is 16.5.